The summed E-state index contributed by atoms with van der Waals surface area (Å²) in [6, 6.07) is 0. The number of hydrogen-bond donors (Lipinski definition) is 1. The molecule has 0 saturated carbocycles. The Morgan fingerprint density at radius 1 is 1.44 bits per heavy atom. The summed E-state index contributed by atoms with van der Waals surface area (Å²) in [7, 11) is 6.05. The Morgan fingerprint density at radius 2 is 2.19 bits per heavy atom. The average molecular weight is 229 g/mol. The highest BCUT2D eigenvalue weighted by Gasteiger charge is 2.35. The molecule has 0 aromatic carbocycles. The molecular formula is C12H27N3O. The zero-order valence-electron chi connectivity index (χ0n) is 11.0. The second kappa shape index (κ2) is 6.55. The normalized spacial score (nSPS) is 27.6. The molecule has 0 radical (unpaired) electrons. The number of nitrogens with zero attached hydrogens (tertiary/aromatic N) is 2. The van der Waals surface area contributed by atoms with Crippen LogP contribution in [0.15, 0.2) is 0 Å². The van der Waals surface area contributed by atoms with Crippen LogP contribution in [0.5, 0.6) is 0 Å². The van der Waals surface area contributed by atoms with Crippen molar-refractivity contribution in [1.29, 1.82) is 0 Å². The first-order chi connectivity index (χ1) is 7.64. The van der Waals surface area contributed by atoms with E-state index in [9.17, 15) is 0 Å². The summed E-state index contributed by atoms with van der Waals surface area (Å²) in [6.07, 6.45) is 3.59. The molecule has 16 heavy (non-hydrogen) atoms. The maximum atomic E-state index is 5.96. The van der Waals surface area contributed by atoms with Crippen molar-refractivity contribution in [3.05, 3.63) is 0 Å². The summed E-state index contributed by atoms with van der Waals surface area (Å²) in [6.45, 7) is 5.04. The van der Waals surface area contributed by atoms with Crippen molar-refractivity contribution in [3.8, 4) is 0 Å². The number of piperidine rings is 1. The zero-order valence-corrected chi connectivity index (χ0v) is 11.0. The van der Waals surface area contributed by atoms with Crippen molar-refractivity contribution in [3.63, 3.8) is 0 Å². The minimum absolute atomic E-state index is 0.186. The van der Waals surface area contributed by atoms with E-state index in [0.717, 1.165) is 32.7 Å². The Bertz CT molecular complexity index is 199. The minimum atomic E-state index is 0.186. The molecule has 1 atom stereocenters. The van der Waals surface area contributed by atoms with E-state index in [2.05, 4.69) is 23.9 Å². The van der Waals surface area contributed by atoms with Gasteiger partial charge in [-0.1, -0.05) is 0 Å². The van der Waals surface area contributed by atoms with Crippen molar-refractivity contribution >= 4 is 0 Å². The Morgan fingerprint density at radius 3 is 2.75 bits per heavy atom. The smallest absolute Gasteiger partial charge is 0.0474 e. The summed E-state index contributed by atoms with van der Waals surface area (Å²) < 4.78 is 5.10. The van der Waals surface area contributed by atoms with Gasteiger partial charge in [0.1, 0.15) is 0 Å². The molecule has 0 amide bonds. The Kier molecular flexibility index (Phi) is 5.69. The van der Waals surface area contributed by atoms with Gasteiger partial charge in [0.05, 0.1) is 0 Å². The highest BCUT2D eigenvalue weighted by molar-refractivity contribution is 4.95. The number of methoxy groups -OCH3 is 1. The topological polar surface area (TPSA) is 41.7 Å². The Balaban J connectivity index is 2.45. The molecule has 4 heteroatoms. The first-order valence-electron chi connectivity index (χ1n) is 6.23. The summed E-state index contributed by atoms with van der Waals surface area (Å²) >= 11 is 0. The van der Waals surface area contributed by atoms with Crippen molar-refractivity contribution in [2.45, 2.75) is 24.8 Å². The zero-order chi connectivity index (χ0) is 12.0. The van der Waals surface area contributed by atoms with Crippen molar-refractivity contribution in [1.82, 2.24) is 9.80 Å². The summed E-state index contributed by atoms with van der Waals surface area (Å²) in [4.78, 5) is 4.82. The van der Waals surface area contributed by atoms with E-state index in [1.54, 1.807) is 7.11 Å². The third-order valence-electron chi connectivity index (χ3n) is 3.79. The molecule has 1 heterocycles. The van der Waals surface area contributed by atoms with E-state index >= 15 is 0 Å². The molecule has 1 saturated heterocycles. The molecule has 1 aliphatic rings. The first kappa shape index (κ1) is 13.9. The number of hydrogen-bond acceptors (Lipinski definition) is 4. The molecule has 0 spiro atoms. The van der Waals surface area contributed by atoms with Gasteiger partial charge < -0.3 is 20.3 Å². The van der Waals surface area contributed by atoms with Gasteiger partial charge in [0.15, 0.2) is 0 Å². The van der Waals surface area contributed by atoms with Gasteiger partial charge in [-0.2, -0.15) is 0 Å². The number of likely N-dealkylation sites (tertiary alicyclic amines) is 1. The van der Waals surface area contributed by atoms with Crippen LogP contribution >= 0.6 is 0 Å². The monoisotopic (exact) mass is 229 g/mol. The minimum Gasteiger partial charge on any atom is -0.385 e. The molecule has 0 aromatic heterocycles. The quantitative estimate of drug-likeness (QED) is 0.669. The molecule has 0 bridgehead atoms. The van der Waals surface area contributed by atoms with Gasteiger partial charge in [-0.25, -0.2) is 0 Å². The number of nitrogens with two attached hydrogens (primary N) is 1. The molecular weight excluding hydrogens is 202 g/mol. The van der Waals surface area contributed by atoms with Crippen LogP contribution in [-0.2, 0) is 4.74 Å². The van der Waals surface area contributed by atoms with E-state index in [0.29, 0.717) is 0 Å². The summed E-state index contributed by atoms with van der Waals surface area (Å²) in [5.74, 6) is 0. The Labute approximate surface area is 99.7 Å². The Hall–Kier alpha value is -0.160. The lowest BCUT2D eigenvalue weighted by Gasteiger charge is -2.46. The highest BCUT2D eigenvalue weighted by Crippen LogP contribution is 2.24. The van der Waals surface area contributed by atoms with Gasteiger partial charge in [0, 0.05) is 38.9 Å². The van der Waals surface area contributed by atoms with E-state index in [4.69, 9.17) is 10.5 Å². The third kappa shape index (κ3) is 3.42. The fourth-order valence-electron chi connectivity index (χ4n) is 2.54. The molecule has 1 unspecified atom stereocenters. The summed E-state index contributed by atoms with van der Waals surface area (Å²) in [5.41, 5.74) is 6.15. The van der Waals surface area contributed by atoms with Gasteiger partial charge in [0.25, 0.3) is 0 Å². The SMILES string of the molecule is COCCCN1CCCC(CN)(N(C)C)C1. The second-order valence-electron chi connectivity index (χ2n) is 5.05. The van der Waals surface area contributed by atoms with Gasteiger partial charge in [-0.15, -0.1) is 0 Å². The third-order valence-corrected chi connectivity index (χ3v) is 3.79. The van der Waals surface area contributed by atoms with Gasteiger partial charge in [0.2, 0.25) is 0 Å². The van der Waals surface area contributed by atoms with E-state index in [1.165, 1.54) is 19.4 Å². The molecule has 1 aliphatic heterocycles. The van der Waals surface area contributed by atoms with Crippen LogP contribution in [-0.4, -0.2) is 69.3 Å². The molecule has 0 aromatic rings. The van der Waals surface area contributed by atoms with Crippen molar-refractivity contribution in [2.75, 3.05) is 54.0 Å². The van der Waals surface area contributed by atoms with Crippen LogP contribution in [0.25, 0.3) is 0 Å². The summed E-state index contributed by atoms with van der Waals surface area (Å²) in [5, 5.41) is 0. The van der Waals surface area contributed by atoms with E-state index in [-0.39, 0.29) is 5.54 Å². The molecule has 96 valence electrons. The molecule has 4 nitrogen and oxygen atoms in total. The van der Waals surface area contributed by atoms with E-state index < -0.39 is 0 Å². The van der Waals surface area contributed by atoms with Crippen LogP contribution in [0, 0.1) is 0 Å². The van der Waals surface area contributed by atoms with Crippen molar-refractivity contribution in [2.24, 2.45) is 5.73 Å². The molecule has 0 aliphatic carbocycles. The van der Waals surface area contributed by atoms with Crippen molar-refractivity contribution < 1.29 is 4.74 Å². The molecule has 1 fully saturated rings. The number of ether oxygens (including phenoxy) is 1. The standard InChI is InChI=1S/C12H27N3O/c1-14(2)12(10-13)6-4-7-15(11-12)8-5-9-16-3/h4-11,13H2,1-3H3. The number of rotatable bonds is 6. The van der Waals surface area contributed by atoms with Crippen LogP contribution in [0.3, 0.4) is 0 Å². The fourth-order valence-corrected chi connectivity index (χ4v) is 2.54. The van der Waals surface area contributed by atoms with Crippen LogP contribution in [0.2, 0.25) is 0 Å². The first-order valence-corrected chi connectivity index (χ1v) is 6.23. The maximum absolute atomic E-state index is 5.96. The average Bonchev–Trinajstić information content (AvgIpc) is 2.29. The van der Waals surface area contributed by atoms with Gasteiger partial charge >= 0.3 is 0 Å². The van der Waals surface area contributed by atoms with Gasteiger partial charge in [-0.3, -0.25) is 0 Å². The fraction of sp³-hybridized carbons (Fsp3) is 1.00. The largest absolute Gasteiger partial charge is 0.385 e. The lowest BCUT2D eigenvalue weighted by atomic mass is 9.87. The number of likely N-dealkylation sites (N-methyl/N-ethyl adjacent to an activating group) is 1. The van der Waals surface area contributed by atoms with E-state index in [1.807, 2.05) is 0 Å². The van der Waals surface area contributed by atoms with Crippen LogP contribution in [0.4, 0.5) is 0 Å². The highest BCUT2D eigenvalue weighted by atomic mass is 16.5. The van der Waals surface area contributed by atoms with Crippen LogP contribution < -0.4 is 5.73 Å². The molecule has 1 rings (SSSR count). The predicted octanol–water partition coefficient (Wildman–Crippen LogP) is 0.378. The van der Waals surface area contributed by atoms with Gasteiger partial charge in [-0.05, 0) is 39.9 Å². The second-order valence-corrected chi connectivity index (χ2v) is 5.05. The molecule has 2 N–H and O–H groups in total. The predicted molar refractivity (Wildman–Crippen MR) is 67.6 cm³/mol. The lowest BCUT2D eigenvalue weighted by Crippen LogP contribution is -2.60. The maximum Gasteiger partial charge on any atom is 0.0474 e. The lowest BCUT2D eigenvalue weighted by molar-refractivity contribution is 0.0459. The van der Waals surface area contributed by atoms with Crippen LogP contribution in [0.1, 0.15) is 19.3 Å².